The molecule has 0 bridgehead atoms. The Morgan fingerprint density at radius 3 is 2.18 bits per heavy atom. The Hall–Kier alpha value is -2.45. The van der Waals surface area contributed by atoms with E-state index in [1.807, 2.05) is 48.5 Å². The van der Waals surface area contributed by atoms with Crippen LogP contribution in [0.1, 0.15) is 27.5 Å². The summed E-state index contributed by atoms with van der Waals surface area (Å²) in [7, 11) is 0. The zero-order chi connectivity index (χ0) is 15.4. The minimum atomic E-state index is -0.413. The van der Waals surface area contributed by atoms with Crippen LogP contribution in [0.15, 0.2) is 79.0 Å². The molecule has 0 aliphatic rings. The van der Waals surface area contributed by atoms with Crippen LogP contribution in [0.3, 0.4) is 0 Å². The highest BCUT2D eigenvalue weighted by Gasteiger charge is 2.24. The first-order valence-corrected chi connectivity index (χ1v) is 7.39. The zero-order valence-corrected chi connectivity index (χ0v) is 12.6. The van der Waals surface area contributed by atoms with Crippen LogP contribution in [0.4, 0.5) is 0 Å². The molecule has 3 heteroatoms. The predicted molar refractivity (Wildman–Crippen MR) is 88.3 cm³/mol. The van der Waals surface area contributed by atoms with Crippen molar-refractivity contribution in [3.8, 4) is 0 Å². The molecule has 0 unspecified atom stereocenters. The van der Waals surface area contributed by atoms with Gasteiger partial charge >= 0.3 is 0 Å². The Morgan fingerprint density at radius 2 is 1.55 bits per heavy atom. The molecule has 1 aromatic heterocycles. The fourth-order valence-electron chi connectivity index (χ4n) is 2.43. The monoisotopic (exact) mass is 307 g/mol. The molecule has 0 saturated heterocycles. The molecule has 108 valence electrons. The van der Waals surface area contributed by atoms with Gasteiger partial charge in [-0.2, -0.15) is 0 Å². The molecular weight excluding hydrogens is 294 g/mol. The van der Waals surface area contributed by atoms with E-state index in [4.69, 9.17) is 11.6 Å². The van der Waals surface area contributed by atoms with E-state index in [0.717, 1.165) is 11.3 Å². The van der Waals surface area contributed by atoms with Gasteiger partial charge in [-0.1, -0.05) is 48.0 Å². The number of halogens is 1. The van der Waals surface area contributed by atoms with Gasteiger partial charge in [-0.25, -0.2) is 0 Å². The van der Waals surface area contributed by atoms with Gasteiger partial charge in [0.25, 0.3) is 0 Å². The molecule has 0 aliphatic carbocycles. The highest BCUT2D eigenvalue weighted by atomic mass is 35.5. The lowest BCUT2D eigenvalue weighted by Gasteiger charge is -2.16. The van der Waals surface area contributed by atoms with Crippen molar-refractivity contribution < 1.29 is 4.79 Å². The van der Waals surface area contributed by atoms with Crippen LogP contribution in [0.25, 0.3) is 0 Å². The molecule has 3 rings (SSSR count). The summed E-state index contributed by atoms with van der Waals surface area (Å²) in [5.74, 6) is -0.398. The smallest absolute Gasteiger partial charge is 0.176 e. The van der Waals surface area contributed by atoms with Gasteiger partial charge in [-0.05, 0) is 42.0 Å². The van der Waals surface area contributed by atoms with Crippen molar-refractivity contribution >= 4 is 17.4 Å². The standard InChI is InChI=1S/C19H14ClNO/c20-16-11-9-15(10-12-16)19(22)18(14-6-2-1-3-7-14)17-8-4-5-13-21-17/h1-13,18H/t18-/m0/s1. The number of carbonyl (C=O) groups excluding carboxylic acids is 1. The van der Waals surface area contributed by atoms with E-state index in [9.17, 15) is 4.79 Å². The molecule has 2 aromatic carbocycles. The third-order valence-electron chi connectivity index (χ3n) is 3.51. The van der Waals surface area contributed by atoms with Crippen LogP contribution in [-0.4, -0.2) is 10.8 Å². The predicted octanol–water partition coefficient (Wildman–Crippen LogP) is 4.75. The highest BCUT2D eigenvalue weighted by molar-refractivity contribution is 6.30. The first-order chi connectivity index (χ1) is 10.8. The number of rotatable bonds is 4. The summed E-state index contributed by atoms with van der Waals surface area (Å²) in [6.07, 6.45) is 1.71. The van der Waals surface area contributed by atoms with Crippen molar-refractivity contribution in [2.24, 2.45) is 0 Å². The van der Waals surface area contributed by atoms with Crippen molar-refractivity contribution in [1.82, 2.24) is 4.98 Å². The summed E-state index contributed by atoms with van der Waals surface area (Å²) < 4.78 is 0. The van der Waals surface area contributed by atoms with Crippen molar-refractivity contribution in [3.63, 3.8) is 0 Å². The molecule has 1 heterocycles. The van der Waals surface area contributed by atoms with Crippen molar-refractivity contribution in [2.45, 2.75) is 5.92 Å². The van der Waals surface area contributed by atoms with Gasteiger partial charge in [0.15, 0.2) is 5.78 Å². The number of carbonyl (C=O) groups is 1. The Labute approximate surface area is 134 Å². The molecule has 0 spiro atoms. The average molecular weight is 308 g/mol. The summed E-state index contributed by atoms with van der Waals surface area (Å²) in [5, 5.41) is 0.616. The second-order valence-electron chi connectivity index (χ2n) is 4.97. The average Bonchev–Trinajstić information content (AvgIpc) is 2.57. The van der Waals surface area contributed by atoms with Gasteiger partial charge in [0.05, 0.1) is 11.6 Å². The minimum absolute atomic E-state index is 0.0153. The van der Waals surface area contributed by atoms with Crippen LogP contribution in [-0.2, 0) is 0 Å². The van der Waals surface area contributed by atoms with E-state index >= 15 is 0 Å². The molecule has 0 aliphatic heterocycles. The Kier molecular flexibility index (Phi) is 4.31. The number of aromatic nitrogens is 1. The molecule has 1 atom stereocenters. The molecule has 0 amide bonds. The van der Waals surface area contributed by atoms with E-state index < -0.39 is 5.92 Å². The van der Waals surface area contributed by atoms with Gasteiger partial charge in [0, 0.05) is 16.8 Å². The fraction of sp³-hybridized carbons (Fsp3) is 0.0526. The van der Waals surface area contributed by atoms with Crippen molar-refractivity contribution in [2.75, 3.05) is 0 Å². The van der Waals surface area contributed by atoms with E-state index in [2.05, 4.69) is 4.98 Å². The molecule has 22 heavy (non-hydrogen) atoms. The third-order valence-corrected chi connectivity index (χ3v) is 3.76. The third kappa shape index (κ3) is 3.07. The fourth-order valence-corrected chi connectivity index (χ4v) is 2.56. The largest absolute Gasteiger partial charge is 0.293 e. The summed E-state index contributed by atoms with van der Waals surface area (Å²) >= 11 is 5.91. The van der Waals surface area contributed by atoms with Crippen LogP contribution < -0.4 is 0 Å². The van der Waals surface area contributed by atoms with Crippen molar-refractivity contribution in [3.05, 3.63) is 101 Å². The van der Waals surface area contributed by atoms with E-state index in [0.29, 0.717) is 10.6 Å². The maximum atomic E-state index is 13.0. The van der Waals surface area contributed by atoms with Crippen LogP contribution in [0, 0.1) is 0 Å². The number of Topliss-reactive ketones (excluding diaryl/α,β-unsaturated/α-hetero) is 1. The SMILES string of the molecule is O=C(c1ccc(Cl)cc1)[C@@H](c1ccccc1)c1ccccn1. The molecule has 3 aromatic rings. The van der Waals surface area contributed by atoms with Crippen molar-refractivity contribution in [1.29, 1.82) is 0 Å². The molecule has 0 fully saturated rings. The topological polar surface area (TPSA) is 30.0 Å². The van der Waals surface area contributed by atoms with Gasteiger partial charge in [0.1, 0.15) is 0 Å². The molecular formula is C19H14ClNO. The highest BCUT2D eigenvalue weighted by Crippen LogP contribution is 2.27. The summed E-state index contributed by atoms with van der Waals surface area (Å²) in [6.45, 7) is 0. The summed E-state index contributed by atoms with van der Waals surface area (Å²) in [4.78, 5) is 17.3. The number of hydrogen-bond acceptors (Lipinski definition) is 2. The number of benzene rings is 2. The van der Waals surface area contributed by atoms with Crippen LogP contribution >= 0.6 is 11.6 Å². The second kappa shape index (κ2) is 6.54. The first-order valence-electron chi connectivity index (χ1n) is 7.01. The van der Waals surface area contributed by atoms with Crippen LogP contribution in [0.5, 0.6) is 0 Å². The quantitative estimate of drug-likeness (QED) is 0.651. The lowest BCUT2D eigenvalue weighted by Crippen LogP contribution is -2.15. The first kappa shape index (κ1) is 14.5. The van der Waals surface area contributed by atoms with Gasteiger partial charge in [-0.15, -0.1) is 0 Å². The number of hydrogen-bond donors (Lipinski definition) is 0. The molecule has 0 saturated carbocycles. The Balaban J connectivity index is 2.06. The number of ketones is 1. The van der Waals surface area contributed by atoms with Gasteiger partial charge < -0.3 is 0 Å². The lowest BCUT2D eigenvalue weighted by molar-refractivity contribution is 0.0972. The van der Waals surface area contributed by atoms with Gasteiger partial charge in [0.2, 0.25) is 0 Å². The van der Waals surface area contributed by atoms with E-state index in [1.54, 1.807) is 30.5 Å². The minimum Gasteiger partial charge on any atom is -0.293 e. The molecule has 0 radical (unpaired) electrons. The van der Waals surface area contributed by atoms with Gasteiger partial charge in [-0.3, -0.25) is 9.78 Å². The lowest BCUT2D eigenvalue weighted by atomic mass is 9.87. The zero-order valence-electron chi connectivity index (χ0n) is 11.8. The maximum absolute atomic E-state index is 13.0. The summed E-state index contributed by atoms with van der Waals surface area (Å²) in [5.41, 5.74) is 2.30. The van der Waals surface area contributed by atoms with E-state index in [-0.39, 0.29) is 5.78 Å². The molecule has 0 N–H and O–H groups in total. The van der Waals surface area contributed by atoms with Crippen LogP contribution in [0.2, 0.25) is 5.02 Å². The number of pyridine rings is 1. The second-order valence-corrected chi connectivity index (χ2v) is 5.41. The Morgan fingerprint density at radius 1 is 0.864 bits per heavy atom. The normalized spacial score (nSPS) is 11.9. The maximum Gasteiger partial charge on any atom is 0.176 e. The number of nitrogens with zero attached hydrogens (tertiary/aromatic N) is 1. The molecule has 2 nitrogen and oxygen atoms in total. The summed E-state index contributed by atoms with van der Waals surface area (Å²) in [6, 6.07) is 22.3. The van der Waals surface area contributed by atoms with E-state index in [1.165, 1.54) is 0 Å². The Bertz CT molecular complexity index is 715.